The van der Waals surface area contributed by atoms with Crippen LogP contribution in [0.25, 0.3) is 11.1 Å². The lowest BCUT2D eigenvalue weighted by atomic mass is 10.0. The maximum absolute atomic E-state index is 13.5. The van der Waals surface area contributed by atoms with E-state index in [1.54, 1.807) is 0 Å². The molecule has 2 rings (SSSR count). The summed E-state index contributed by atoms with van der Waals surface area (Å²) in [7, 11) is 1.27. The number of aliphatic imine (C=N–C) groups is 1. The third kappa shape index (κ3) is 4.49. The van der Waals surface area contributed by atoms with Crippen LogP contribution in [0.15, 0.2) is 52.7 Å². The maximum atomic E-state index is 13.5. The highest BCUT2D eigenvalue weighted by molar-refractivity contribution is 6.19. The number of alkyl halides is 2. The van der Waals surface area contributed by atoms with E-state index in [0.29, 0.717) is 0 Å². The molecule has 0 aliphatic carbocycles. The molecule has 0 heterocycles. The molecule has 1 amide bonds. The number of hydrogen-bond donors (Lipinski definition) is 2. The highest BCUT2D eigenvalue weighted by Crippen LogP contribution is 2.30. The molecular formula is C18H14F5N3O. The molecule has 0 fully saturated rings. The Morgan fingerprint density at radius 2 is 1.74 bits per heavy atom. The van der Waals surface area contributed by atoms with Gasteiger partial charge >= 0.3 is 0 Å². The third-order valence-corrected chi connectivity index (χ3v) is 3.52. The Bertz CT molecular complexity index is 902. The van der Waals surface area contributed by atoms with Gasteiger partial charge in [0.2, 0.25) is 0 Å². The first-order chi connectivity index (χ1) is 12.8. The standard InChI is InChI=1S/C18H14F5N3O/c1-25-8-11(16(24)17(22)23)18(27)26-14-5-3-2-4-10(14)9-6-12(19)15(21)13(20)7-9/h2-8,17H,24H2,1H3,(H,26,27). The second kappa shape index (κ2) is 8.43. The lowest BCUT2D eigenvalue weighted by molar-refractivity contribution is -0.112. The number of para-hydroxylation sites is 1. The van der Waals surface area contributed by atoms with Gasteiger partial charge in [0.15, 0.2) is 17.5 Å². The van der Waals surface area contributed by atoms with E-state index in [0.717, 1.165) is 18.3 Å². The number of allylic oxidation sites excluding steroid dienone is 1. The fourth-order valence-electron chi connectivity index (χ4n) is 2.26. The fourth-order valence-corrected chi connectivity index (χ4v) is 2.26. The van der Waals surface area contributed by atoms with Crippen LogP contribution in [0.2, 0.25) is 0 Å². The second-order valence-electron chi connectivity index (χ2n) is 5.31. The van der Waals surface area contributed by atoms with E-state index in [4.69, 9.17) is 5.73 Å². The monoisotopic (exact) mass is 383 g/mol. The summed E-state index contributed by atoms with van der Waals surface area (Å²) in [6.07, 6.45) is -2.21. The molecule has 0 saturated heterocycles. The molecule has 2 aromatic carbocycles. The van der Waals surface area contributed by atoms with Crippen molar-refractivity contribution in [2.24, 2.45) is 10.7 Å². The Balaban J connectivity index is 2.47. The minimum Gasteiger partial charge on any atom is -0.397 e. The number of amides is 1. The Kier molecular flexibility index (Phi) is 6.27. The zero-order valence-electron chi connectivity index (χ0n) is 13.9. The van der Waals surface area contributed by atoms with Gasteiger partial charge in [0.25, 0.3) is 12.3 Å². The normalized spacial score (nSPS) is 12.4. The van der Waals surface area contributed by atoms with Crippen LogP contribution in [-0.2, 0) is 4.79 Å². The van der Waals surface area contributed by atoms with E-state index in [9.17, 15) is 26.7 Å². The highest BCUT2D eigenvalue weighted by Gasteiger charge is 2.20. The fraction of sp³-hybridized carbons (Fsp3) is 0.111. The van der Waals surface area contributed by atoms with Crippen molar-refractivity contribution < 1.29 is 26.7 Å². The van der Waals surface area contributed by atoms with Crippen molar-refractivity contribution in [1.82, 2.24) is 0 Å². The quantitative estimate of drug-likeness (QED) is 0.356. The molecule has 0 saturated carbocycles. The summed E-state index contributed by atoms with van der Waals surface area (Å²) in [6.45, 7) is 0. The van der Waals surface area contributed by atoms with Crippen LogP contribution in [-0.4, -0.2) is 25.6 Å². The molecule has 0 aromatic heterocycles. The number of anilines is 1. The van der Waals surface area contributed by atoms with E-state index < -0.39 is 41.1 Å². The molecule has 0 radical (unpaired) electrons. The van der Waals surface area contributed by atoms with Crippen LogP contribution in [0.1, 0.15) is 0 Å². The van der Waals surface area contributed by atoms with Gasteiger partial charge < -0.3 is 11.1 Å². The van der Waals surface area contributed by atoms with Gasteiger partial charge in [-0.1, -0.05) is 18.2 Å². The van der Waals surface area contributed by atoms with Crippen molar-refractivity contribution in [3.05, 3.63) is 65.1 Å². The topological polar surface area (TPSA) is 67.5 Å². The average Bonchev–Trinajstić information content (AvgIpc) is 2.63. The van der Waals surface area contributed by atoms with Crippen molar-refractivity contribution in [3.8, 4) is 11.1 Å². The van der Waals surface area contributed by atoms with Crippen LogP contribution in [0.3, 0.4) is 0 Å². The summed E-state index contributed by atoms with van der Waals surface area (Å²) in [5, 5.41) is 2.34. The Hall–Kier alpha value is -3.23. The van der Waals surface area contributed by atoms with Gasteiger partial charge in [-0.3, -0.25) is 9.79 Å². The largest absolute Gasteiger partial charge is 0.397 e. The molecule has 142 valence electrons. The molecule has 0 aliphatic heterocycles. The Morgan fingerprint density at radius 3 is 2.30 bits per heavy atom. The number of rotatable bonds is 5. The molecule has 0 aliphatic rings. The molecule has 0 bridgehead atoms. The number of hydrogen-bond acceptors (Lipinski definition) is 3. The van der Waals surface area contributed by atoms with Crippen LogP contribution in [0.4, 0.5) is 27.6 Å². The minimum atomic E-state index is -3.08. The number of carbonyl (C=O) groups excluding carboxylic acids is 1. The van der Waals surface area contributed by atoms with E-state index in [-0.39, 0.29) is 16.8 Å². The predicted octanol–water partition coefficient (Wildman–Crippen LogP) is 3.89. The van der Waals surface area contributed by atoms with Crippen molar-refractivity contribution in [1.29, 1.82) is 0 Å². The lowest BCUT2D eigenvalue weighted by Gasteiger charge is -2.13. The van der Waals surface area contributed by atoms with E-state index >= 15 is 0 Å². The molecule has 0 unspecified atom stereocenters. The van der Waals surface area contributed by atoms with Crippen molar-refractivity contribution >= 4 is 17.8 Å². The molecule has 27 heavy (non-hydrogen) atoms. The summed E-state index contributed by atoms with van der Waals surface area (Å²) < 4.78 is 65.9. The molecule has 9 heteroatoms. The number of nitrogens with one attached hydrogen (secondary N) is 1. The number of halogens is 5. The maximum Gasteiger partial charge on any atom is 0.278 e. The van der Waals surface area contributed by atoms with Crippen LogP contribution >= 0.6 is 0 Å². The Morgan fingerprint density at radius 1 is 1.15 bits per heavy atom. The van der Waals surface area contributed by atoms with E-state index in [1.165, 1.54) is 31.3 Å². The smallest absolute Gasteiger partial charge is 0.278 e. The summed E-state index contributed by atoms with van der Waals surface area (Å²) in [4.78, 5) is 15.9. The number of nitrogens with zero attached hydrogens (tertiary/aromatic N) is 1. The Labute approximate surface area is 151 Å². The first kappa shape index (κ1) is 20.1. The molecule has 2 aromatic rings. The van der Waals surface area contributed by atoms with Crippen molar-refractivity contribution in [2.75, 3.05) is 12.4 Å². The average molecular weight is 383 g/mol. The van der Waals surface area contributed by atoms with Crippen LogP contribution in [0.5, 0.6) is 0 Å². The van der Waals surface area contributed by atoms with Crippen LogP contribution in [0, 0.1) is 17.5 Å². The summed E-state index contributed by atoms with van der Waals surface area (Å²) >= 11 is 0. The molecule has 0 atom stereocenters. The lowest BCUT2D eigenvalue weighted by Crippen LogP contribution is -2.23. The minimum absolute atomic E-state index is 0.0528. The van der Waals surface area contributed by atoms with E-state index in [1.807, 2.05) is 0 Å². The van der Waals surface area contributed by atoms with Gasteiger partial charge in [-0.2, -0.15) is 0 Å². The van der Waals surface area contributed by atoms with Crippen molar-refractivity contribution in [2.45, 2.75) is 6.43 Å². The second-order valence-corrected chi connectivity index (χ2v) is 5.31. The molecule has 4 nitrogen and oxygen atoms in total. The van der Waals surface area contributed by atoms with Gasteiger partial charge in [0, 0.05) is 24.5 Å². The summed E-state index contributed by atoms with van der Waals surface area (Å²) in [5.74, 6) is -5.44. The highest BCUT2D eigenvalue weighted by atomic mass is 19.3. The summed E-state index contributed by atoms with van der Waals surface area (Å²) in [6, 6.07) is 7.31. The first-order valence-electron chi connectivity index (χ1n) is 7.51. The predicted molar refractivity (Wildman–Crippen MR) is 92.0 cm³/mol. The number of nitrogens with two attached hydrogens (primary N) is 1. The molecule has 0 spiro atoms. The van der Waals surface area contributed by atoms with Gasteiger partial charge in [-0.05, 0) is 23.8 Å². The number of carbonyl (C=O) groups is 1. The zero-order valence-corrected chi connectivity index (χ0v) is 13.9. The van der Waals surface area contributed by atoms with Crippen LogP contribution < -0.4 is 11.1 Å². The molecular weight excluding hydrogens is 369 g/mol. The van der Waals surface area contributed by atoms with Gasteiger partial charge in [-0.15, -0.1) is 0 Å². The van der Waals surface area contributed by atoms with Crippen molar-refractivity contribution in [3.63, 3.8) is 0 Å². The van der Waals surface area contributed by atoms with Gasteiger partial charge in [-0.25, -0.2) is 22.0 Å². The summed E-state index contributed by atoms with van der Waals surface area (Å²) in [5.41, 5.74) is 3.85. The van der Waals surface area contributed by atoms with E-state index in [2.05, 4.69) is 10.3 Å². The first-order valence-corrected chi connectivity index (χ1v) is 7.51. The molecule has 3 N–H and O–H groups in total. The number of benzene rings is 2. The zero-order chi connectivity index (χ0) is 20.1. The SMILES string of the molecule is CN=CC(C(=O)Nc1ccccc1-c1cc(F)c(F)c(F)c1)=C(N)C(F)F. The third-order valence-electron chi connectivity index (χ3n) is 3.52. The van der Waals surface area contributed by atoms with Gasteiger partial charge in [0.1, 0.15) is 0 Å². The van der Waals surface area contributed by atoms with Gasteiger partial charge in [0.05, 0.1) is 11.3 Å².